The van der Waals surface area contributed by atoms with E-state index in [1.165, 1.54) is 12.8 Å². The Hall–Kier alpha value is -0.240. The van der Waals surface area contributed by atoms with Gasteiger partial charge in [-0.15, -0.1) is 0 Å². The lowest BCUT2D eigenvalue weighted by atomic mass is 9.94. The summed E-state index contributed by atoms with van der Waals surface area (Å²) in [4.78, 5) is 0. The zero-order valence-corrected chi connectivity index (χ0v) is 14.2. The number of rotatable bonds is 1. The maximum Gasteiger partial charge on any atom is 0.190 e. The van der Waals surface area contributed by atoms with Gasteiger partial charge in [-0.1, -0.05) is 12.8 Å². The summed E-state index contributed by atoms with van der Waals surface area (Å²) in [5.74, 6) is -0.979. The number of aliphatic hydroxyl groups excluding tert-OH is 1. The van der Waals surface area contributed by atoms with E-state index in [4.69, 9.17) is 23.7 Å². The van der Waals surface area contributed by atoms with E-state index < -0.39 is 36.2 Å². The van der Waals surface area contributed by atoms with E-state index in [-0.39, 0.29) is 6.10 Å². The molecule has 6 nitrogen and oxygen atoms in total. The molecule has 0 amide bonds. The quantitative estimate of drug-likeness (QED) is 0.789. The number of ether oxygens (including phenoxy) is 5. The maximum absolute atomic E-state index is 10.8. The Morgan fingerprint density at radius 3 is 2.04 bits per heavy atom. The first-order chi connectivity index (χ1) is 11.7. The molecule has 136 valence electrons. The molecule has 5 fully saturated rings. The minimum Gasteiger partial charge on any atom is -0.387 e. The van der Waals surface area contributed by atoms with E-state index >= 15 is 0 Å². The van der Waals surface area contributed by atoms with Crippen molar-refractivity contribution in [3.8, 4) is 0 Å². The zero-order valence-electron chi connectivity index (χ0n) is 14.2. The van der Waals surface area contributed by atoms with Gasteiger partial charge in [0.05, 0.1) is 6.61 Å². The van der Waals surface area contributed by atoms with Crippen LogP contribution in [0.3, 0.4) is 0 Å². The van der Waals surface area contributed by atoms with Crippen LogP contribution in [-0.4, -0.2) is 54.0 Å². The zero-order chi connectivity index (χ0) is 16.2. The number of aliphatic hydroxyl groups is 1. The molecule has 5 aliphatic rings. The van der Waals surface area contributed by atoms with Crippen LogP contribution >= 0.6 is 0 Å². The van der Waals surface area contributed by atoms with Gasteiger partial charge in [0.1, 0.15) is 24.4 Å². The van der Waals surface area contributed by atoms with Crippen molar-refractivity contribution >= 4 is 0 Å². The minimum atomic E-state index is -0.719. The first-order valence-corrected chi connectivity index (χ1v) is 9.70. The summed E-state index contributed by atoms with van der Waals surface area (Å²) < 4.78 is 30.5. The van der Waals surface area contributed by atoms with Crippen LogP contribution in [0.5, 0.6) is 0 Å². The number of hydrogen-bond donors (Lipinski definition) is 1. The van der Waals surface area contributed by atoms with Crippen molar-refractivity contribution in [2.24, 2.45) is 0 Å². The van der Waals surface area contributed by atoms with Crippen LogP contribution in [0.2, 0.25) is 0 Å². The molecule has 24 heavy (non-hydrogen) atoms. The second-order valence-corrected chi connectivity index (χ2v) is 8.07. The fourth-order valence-corrected chi connectivity index (χ4v) is 5.09. The third kappa shape index (κ3) is 2.54. The van der Waals surface area contributed by atoms with Gasteiger partial charge >= 0.3 is 0 Å². The van der Waals surface area contributed by atoms with Crippen molar-refractivity contribution in [3.63, 3.8) is 0 Å². The normalized spacial score (nSPS) is 46.6. The second-order valence-electron chi connectivity index (χ2n) is 8.07. The third-order valence-corrected chi connectivity index (χ3v) is 6.39. The molecule has 0 aromatic carbocycles. The Kier molecular flexibility index (Phi) is 3.92. The average Bonchev–Trinajstić information content (AvgIpc) is 3.23. The molecule has 3 aliphatic heterocycles. The largest absolute Gasteiger partial charge is 0.387 e. The first kappa shape index (κ1) is 16.0. The van der Waals surface area contributed by atoms with Crippen LogP contribution in [-0.2, 0) is 23.7 Å². The highest BCUT2D eigenvalue weighted by Crippen LogP contribution is 2.47. The molecule has 2 spiro atoms. The predicted octanol–water partition coefficient (Wildman–Crippen LogP) is 2.22. The lowest BCUT2D eigenvalue weighted by Crippen LogP contribution is -2.44. The highest BCUT2D eigenvalue weighted by molar-refractivity contribution is 5.00. The van der Waals surface area contributed by atoms with Crippen LogP contribution in [0.25, 0.3) is 0 Å². The Labute approximate surface area is 142 Å². The van der Waals surface area contributed by atoms with E-state index in [0.29, 0.717) is 6.61 Å². The monoisotopic (exact) mass is 340 g/mol. The predicted molar refractivity (Wildman–Crippen MR) is 83.1 cm³/mol. The molecular weight excluding hydrogens is 312 g/mol. The highest BCUT2D eigenvalue weighted by Gasteiger charge is 2.60. The van der Waals surface area contributed by atoms with Crippen molar-refractivity contribution < 1.29 is 28.8 Å². The van der Waals surface area contributed by atoms with E-state index in [1.54, 1.807) is 0 Å². The third-order valence-electron chi connectivity index (χ3n) is 6.39. The molecule has 6 heteroatoms. The van der Waals surface area contributed by atoms with Crippen LogP contribution in [0.15, 0.2) is 0 Å². The van der Waals surface area contributed by atoms with Crippen molar-refractivity contribution in [1.82, 2.24) is 0 Å². The molecule has 1 N–H and O–H groups in total. The molecule has 5 rings (SSSR count). The molecule has 2 aliphatic carbocycles. The summed E-state index contributed by atoms with van der Waals surface area (Å²) >= 11 is 0. The molecule has 0 aromatic heterocycles. The molecule has 0 unspecified atom stereocenters. The summed E-state index contributed by atoms with van der Waals surface area (Å²) in [7, 11) is 0. The lowest BCUT2D eigenvalue weighted by Gasteiger charge is -2.34. The smallest absolute Gasteiger partial charge is 0.190 e. The van der Waals surface area contributed by atoms with E-state index in [9.17, 15) is 5.11 Å². The van der Waals surface area contributed by atoms with Gasteiger partial charge in [-0.2, -0.15) is 0 Å². The van der Waals surface area contributed by atoms with Gasteiger partial charge in [0.15, 0.2) is 17.9 Å². The summed E-state index contributed by atoms with van der Waals surface area (Å²) in [6, 6.07) is 0. The number of fused-ring (bicyclic) bond motifs is 1. The SMILES string of the molecule is O[C@@H]1[C@H]([C@@H]2COC3(CCCCC3)O2)O[C@H]2OC3(CCCCC3)O[C@@H]21. The Morgan fingerprint density at radius 2 is 1.38 bits per heavy atom. The van der Waals surface area contributed by atoms with Gasteiger partial charge in [0.2, 0.25) is 0 Å². The summed E-state index contributed by atoms with van der Waals surface area (Å²) in [6.07, 6.45) is 8.38. The van der Waals surface area contributed by atoms with Crippen LogP contribution in [0, 0.1) is 0 Å². The molecule has 2 saturated carbocycles. The summed E-state index contributed by atoms with van der Waals surface area (Å²) in [6.45, 7) is 0.478. The molecule has 0 aromatic rings. The van der Waals surface area contributed by atoms with Gasteiger partial charge in [-0.25, -0.2) is 0 Å². The fraction of sp³-hybridized carbons (Fsp3) is 1.00. The van der Waals surface area contributed by atoms with E-state index in [2.05, 4.69) is 0 Å². The molecule has 0 radical (unpaired) electrons. The maximum atomic E-state index is 10.8. The molecule has 5 atom stereocenters. The average molecular weight is 340 g/mol. The fourth-order valence-electron chi connectivity index (χ4n) is 5.09. The van der Waals surface area contributed by atoms with Crippen molar-refractivity contribution in [3.05, 3.63) is 0 Å². The highest BCUT2D eigenvalue weighted by atomic mass is 16.8. The van der Waals surface area contributed by atoms with Gasteiger partial charge < -0.3 is 28.8 Å². The Balaban J connectivity index is 1.24. The molecule has 3 heterocycles. The van der Waals surface area contributed by atoms with Gasteiger partial charge in [-0.05, 0) is 25.7 Å². The summed E-state index contributed by atoms with van der Waals surface area (Å²) in [5.41, 5.74) is 0. The number of hydrogen-bond acceptors (Lipinski definition) is 6. The van der Waals surface area contributed by atoms with Crippen molar-refractivity contribution in [2.75, 3.05) is 6.61 Å². The van der Waals surface area contributed by atoms with Crippen LogP contribution in [0.4, 0.5) is 0 Å². The Bertz CT molecular complexity index is 470. The van der Waals surface area contributed by atoms with Crippen LogP contribution < -0.4 is 0 Å². The molecule has 3 saturated heterocycles. The van der Waals surface area contributed by atoms with Gasteiger partial charge in [-0.3, -0.25) is 0 Å². The van der Waals surface area contributed by atoms with E-state index in [0.717, 1.165) is 51.4 Å². The van der Waals surface area contributed by atoms with Crippen molar-refractivity contribution in [1.29, 1.82) is 0 Å². The van der Waals surface area contributed by atoms with Gasteiger partial charge in [0, 0.05) is 25.7 Å². The Morgan fingerprint density at radius 1 is 0.708 bits per heavy atom. The topological polar surface area (TPSA) is 66.4 Å². The molecule has 0 bridgehead atoms. The second kappa shape index (κ2) is 5.89. The van der Waals surface area contributed by atoms with Gasteiger partial charge in [0.25, 0.3) is 0 Å². The molecular formula is C18H28O6. The lowest BCUT2D eigenvalue weighted by molar-refractivity contribution is -0.259. The summed E-state index contributed by atoms with van der Waals surface area (Å²) in [5, 5.41) is 10.8. The van der Waals surface area contributed by atoms with Crippen LogP contribution in [0.1, 0.15) is 64.2 Å². The first-order valence-electron chi connectivity index (χ1n) is 9.70. The minimum absolute atomic E-state index is 0.238. The van der Waals surface area contributed by atoms with Crippen molar-refractivity contribution in [2.45, 2.75) is 106 Å². The standard InChI is InChI=1S/C18H28O6/c19-13-14(12-11-20-17(22-12)7-3-1-4-8-17)21-16-15(13)23-18(24-16)9-5-2-6-10-18/h12-16,19H,1-11H2/t12-,13+,14-,15+,16-/m0/s1. The van der Waals surface area contributed by atoms with E-state index in [1.807, 2.05) is 0 Å².